The molecule has 0 spiro atoms. The molecule has 0 amide bonds. The van der Waals surface area contributed by atoms with Crippen LogP contribution in [0.25, 0.3) is 0 Å². The Kier molecular flexibility index (Phi) is 4.12. The van der Waals surface area contributed by atoms with Crippen molar-refractivity contribution in [2.24, 2.45) is 5.73 Å². The SMILES string of the molecule is CCSc1ccc(CN)cc1Br. The van der Waals surface area contributed by atoms with E-state index in [2.05, 4.69) is 41.1 Å². The number of halogens is 1. The number of rotatable bonds is 3. The van der Waals surface area contributed by atoms with Crippen LogP contribution < -0.4 is 5.73 Å². The summed E-state index contributed by atoms with van der Waals surface area (Å²) >= 11 is 5.35. The molecule has 1 aromatic rings. The van der Waals surface area contributed by atoms with Crippen LogP contribution in [0.1, 0.15) is 12.5 Å². The normalized spacial score (nSPS) is 10.2. The average Bonchev–Trinajstić information content (AvgIpc) is 2.09. The summed E-state index contributed by atoms with van der Waals surface area (Å²) in [6.07, 6.45) is 0. The third-order valence-electron chi connectivity index (χ3n) is 1.53. The molecule has 1 nitrogen and oxygen atoms in total. The van der Waals surface area contributed by atoms with Crippen molar-refractivity contribution in [2.75, 3.05) is 5.75 Å². The minimum Gasteiger partial charge on any atom is -0.326 e. The standard InChI is InChI=1S/C9H12BrNS/c1-2-12-9-4-3-7(6-11)5-8(9)10/h3-5H,2,6,11H2,1H3. The van der Waals surface area contributed by atoms with Crippen LogP contribution in [-0.4, -0.2) is 5.75 Å². The van der Waals surface area contributed by atoms with E-state index in [4.69, 9.17) is 5.73 Å². The molecular formula is C9H12BrNS. The number of hydrogen-bond donors (Lipinski definition) is 1. The van der Waals surface area contributed by atoms with E-state index in [9.17, 15) is 0 Å². The lowest BCUT2D eigenvalue weighted by Crippen LogP contribution is -1.95. The molecule has 0 heterocycles. The second-order valence-electron chi connectivity index (χ2n) is 2.40. The zero-order valence-electron chi connectivity index (χ0n) is 7.01. The summed E-state index contributed by atoms with van der Waals surface area (Å²) in [6, 6.07) is 6.27. The number of benzene rings is 1. The maximum absolute atomic E-state index is 5.52. The van der Waals surface area contributed by atoms with Crippen molar-refractivity contribution in [1.82, 2.24) is 0 Å². The Morgan fingerprint density at radius 3 is 2.75 bits per heavy atom. The Hall–Kier alpha value is 0.01000. The summed E-state index contributed by atoms with van der Waals surface area (Å²) in [5, 5.41) is 0. The van der Waals surface area contributed by atoms with Gasteiger partial charge in [-0.25, -0.2) is 0 Å². The summed E-state index contributed by atoms with van der Waals surface area (Å²) in [5.74, 6) is 1.10. The molecule has 0 bridgehead atoms. The summed E-state index contributed by atoms with van der Waals surface area (Å²) in [7, 11) is 0. The molecule has 0 unspecified atom stereocenters. The van der Waals surface area contributed by atoms with E-state index >= 15 is 0 Å². The topological polar surface area (TPSA) is 26.0 Å². The quantitative estimate of drug-likeness (QED) is 0.829. The summed E-state index contributed by atoms with van der Waals surface area (Å²) in [6.45, 7) is 2.75. The van der Waals surface area contributed by atoms with Gasteiger partial charge in [0.15, 0.2) is 0 Å². The smallest absolute Gasteiger partial charge is 0.0314 e. The molecule has 66 valence electrons. The molecule has 0 fully saturated rings. The minimum absolute atomic E-state index is 0.607. The maximum Gasteiger partial charge on any atom is 0.0314 e. The first-order valence-electron chi connectivity index (χ1n) is 3.89. The molecule has 0 aliphatic heterocycles. The van der Waals surface area contributed by atoms with Crippen molar-refractivity contribution >= 4 is 27.7 Å². The molecule has 1 aromatic carbocycles. The van der Waals surface area contributed by atoms with Gasteiger partial charge < -0.3 is 5.73 Å². The highest BCUT2D eigenvalue weighted by atomic mass is 79.9. The molecule has 0 aliphatic carbocycles. The first kappa shape index (κ1) is 10.1. The monoisotopic (exact) mass is 245 g/mol. The van der Waals surface area contributed by atoms with Crippen molar-refractivity contribution in [3.63, 3.8) is 0 Å². The maximum atomic E-state index is 5.52. The Bertz CT molecular complexity index is 263. The van der Waals surface area contributed by atoms with Crippen molar-refractivity contribution in [2.45, 2.75) is 18.4 Å². The Labute approximate surface area is 85.9 Å². The molecule has 0 saturated heterocycles. The molecule has 0 saturated carbocycles. The van der Waals surface area contributed by atoms with Gasteiger partial charge in [-0.1, -0.05) is 13.0 Å². The van der Waals surface area contributed by atoms with Crippen LogP contribution in [0.5, 0.6) is 0 Å². The molecule has 0 aliphatic rings. The van der Waals surface area contributed by atoms with E-state index in [1.807, 2.05) is 11.8 Å². The van der Waals surface area contributed by atoms with Crippen molar-refractivity contribution in [3.05, 3.63) is 28.2 Å². The fourth-order valence-corrected chi connectivity index (χ4v) is 2.39. The highest BCUT2D eigenvalue weighted by Crippen LogP contribution is 2.27. The van der Waals surface area contributed by atoms with Crippen molar-refractivity contribution in [1.29, 1.82) is 0 Å². The lowest BCUT2D eigenvalue weighted by Gasteiger charge is -2.03. The predicted molar refractivity (Wildman–Crippen MR) is 58.4 cm³/mol. The number of thioether (sulfide) groups is 1. The van der Waals surface area contributed by atoms with E-state index < -0.39 is 0 Å². The van der Waals surface area contributed by atoms with Gasteiger partial charge >= 0.3 is 0 Å². The second-order valence-corrected chi connectivity index (χ2v) is 4.56. The fraction of sp³-hybridized carbons (Fsp3) is 0.333. The molecule has 2 N–H and O–H groups in total. The summed E-state index contributed by atoms with van der Waals surface area (Å²) in [4.78, 5) is 1.29. The van der Waals surface area contributed by atoms with Gasteiger partial charge in [0.2, 0.25) is 0 Å². The van der Waals surface area contributed by atoms with Gasteiger partial charge in [0.25, 0.3) is 0 Å². The number of hydrogen-bond acceptors (Lipinski definition) is 2. The van der Waals surface area contributed by atoms with Gasteiger partial charge in [0.05, 0.1) is 0 Å². The molecule has 0 atom stereocenters. The minimum atomic E-state index is 0.607. The van der Waals surface area contributed by atoms with E-state index in [-0.39, 0.29) is 0 Å². The summed E-state index contributed by atoms with van der Waals surface area (Å²) in [5.41, 5.74) is 6.68. The predicted octanol–water partition coefficient (Wildman–Crippen LogP) is 3.02. The Balaban J connectivity index is 2.87. The lowest BCUT2D eigenvalue weighted by molar-refractivity contribution is 1.06. The third kappa shape index (κ3) is 2.51. The molecule has 0 aromatic heterocycles. The lowest BCUT2D eigenvalue weighted by atomic mass is 10.2. The third-order valence-corrected chi connectivity index (χ3v) is 3.41. The van der Waals surface area contributed by atoms with Gasteiger partial charge in [-0.05, 0) is 39.4 Å². The highest BCUT2D eigenvalue weighted by molar-refractivity contribution is 9.10. The van der Waals surface area contributed by atoms with Crippen LogP contribution in [0.15, 0.2) is 27.6 Å². The van der Waals surface area contributed by atoms with E-state index in [0.717, 1.165) is 10.2 Å². The molecule has 12 heavy (non-hydrogen) atoms. The second kappa shape index (κ2) is 4.90. The fourth-order valence-electron chi connectivity index (χ4n) is 0.944. The van der Waals surface area contributed by atoms with Gasteiger partial charge in [0.1, 0.15) is 0 Å². The van der Waals surface area contributed by atoms with Crippen LogP contribution in [0.4, 0.5) is 0 Å². The van der Waals surface area contributed by atoms with Crippen LogP contribution in [-0.2, 0) is 6.54 Å². The van der Waals surface area contributed by atoms with E-state index in [1.54, 1.807) is 0 Å². The molecular weight excluding hydrogens is 234 g/mol. The molecule has 3 heteroatoms. The van der Waals surface area contributed by atoms with Crippen molar-refractivity contribution < 1.29 is 0 Å². The zero-order valence-corrected chi connectivity index (χ0v) is 9.41. The Morgan fingerprint density at radius 1 is 1.50 bits per heavy atom. The number of nitrogens with two attached hydrogens (primary N) is 1. The van der Waals surface area contributed by atoms with Gasteiger partial charge in [-0.15, -0.1) is 11.8 Å². The molecule has 0 radical (unpaired) electrons. The van der Waals surface area contributed by atoms with Gasteiger partial charge in [-0.3, -0.25) is 0 Å². The highest BCUT2D eigenvalue weighted by Gasteiger charge is 1.99. The first-order chi connectivity index (χ1) is 5.77. The Morgan fingerprint density at radius 2 is 2.25 bits per heavy atom. The van der Waals surface area contributed by atoms with Crippen LogP contribution in [0.3, 0.4) is 0 Å². The van der Waals surface area contributed by atoms with Gasteiger partial charge in [0, 0.05) is 15.9 Å². The largest absolute Gasteiger partial charge is 0.326 e. The first-order valence-corrected chi connectivity index (χ1v) is 5.67. The van der Waals surface area contributed by atoms with Crippen LogP contribution >= 0.6 is 27.7 Å². The summed E-state index contributed by atoms with van der Waals surface area (Å²) < 4.78 is 1.15. The molecule has 1 rings (SSSR count). The van der Waals surface area contributed by atoms with E-state index in [0.29, 0.717) is 6.54 Å². The average molecular weight is 246 g/mol. The van der Waals surface area contributed by atoms with Gasteiger partial charge in [-0.2, -0.15) is 0 Å². The van der Waals surface area contributed by atoms with Crippen LogP contribution in [0, 0.1) is 0 Å². The van der Waals surface area contributed by atoms with E-state index in [1.165, 1.54) is 10.5 Å². The van der Waals surface area contributed by atoms with Crippen LogP contribution in [0.2, 0.25) is 0 Å². The van der Waals surface area contributed by atoms with Crippen molar-refractivity contribution in [3.8, 4) is 0 Å². The zero-order chi connectivity index (χ0) is 8.97.